The van der Waals surface area contributed by atoms with Gasteiger partial charge < -0.3 is 5.11 Å². The average Bonchev–Trinajstić information content (AvgIpc) is 2.70. The van der Waals surface area contributed by atoms with Crippen LogP contribution in [0, 0.1) is 17.5 Å². The number of carboxylic acids is 1. The first-order valence-corrected chi connectivity index (χ1v) is 10.5. The third-order valence-electron chi connectivity index (χ3n) is 4.21. The van der Waals surface area contributed by atoms with Crippen molar-refractivity contribution in [3.05, 3.63) is 93.9 Å². The van der Waals surface area contributed by atoms with Gasteiger partial charge in [-0.1, -0.05) is 11.6 Å². The fraction of sp³-hybridized carbons (Fsp3) is 0.0476. The Morgan fingerprint density at radius 1 is 1.03 bits per heavy atom. The number of aromatic nitrogens is 1. The number of hydrogen-bond acceptors (Lipinski definition) is 4. The number of carbonyl (C=O) groups is 1. The second-order valence-corrected chi connectivity index (χ2v) is 8.65. The van der Waals surface area contributed by atoms with Crippen LogP contribution in [0.25, 0.3) is 6.08 Å². The molecule has 1 N–H and O–H groups in total. The van der Waals surface area contributed by atoms with Gasteiger partial charge in [-0.25, -0.2) is 31.4 Å². The molecule has 0 unspecified atom stereocenters. The monoisotopic (exact) mass is 467 g/mol. The minimum atomic E-state index is -4.42. The molecule has 1 aromatic heterocycles. The van der Waals surface area contributed by atoms with Crippen molar-refractivity contribution in [3.8, 4) is 0 Å². The van der Waals surface area contributed by atoms with E-state index in [1.165, 1.54) is 24.3 Å². The largest absolute Gasteiger partial charge is 0.478 e. The molecule has 0 saturated heterocycles. The summed E-state index contributed by atoms with van der Waals surface area (Å²) in [6, 6.07) is 8.40. The molecule has 0 amide bonds. The summed E-state index contributed by atoms with van der Waals surface area (Å²) in [5.74, 6) is -4.11. The van der Waals surface area contributed by atoms with E-state index < -0.39 is 44.7 Å². The third-order valence-corrected chi connectivity index (χ3v) is 6.15. The van der Waals surface area contributed by atoms with E-state index in [0.29, 0.717) is 6.08 Å². The minimum absolute atomic E-state index is 0.0985. The van der Waals surface area contributed by atoms with E-state index in [9.17, 15) is 26.4 Å². The normalized spacial score (nSPS) is 11.7. The summed E-state index contributed by atoms with van der Waals surface area (Å²) in [5.41, 5.74) is -0.423. The number of carboxylic acid groups (broad SMARTS) is 1. The van der Waals surface area contributed by atoms with Gasteiger partial charge >= 0.3 is 5.97 Å². The predicted octanol–water partition coefficient (Wildman–Crippen LogP) is 4.67. The lowest BCUT2D eigenvalue weighted by atomic mass is 10.0. The summed E-state index contributed by atoms with van der Waals surface area (Å²) in [6.07, 6.45) is 1.27. The summed E-state index contributed by atoms with van der Waals surface area (Å²) >= 11 is 5.76. The Morgan fingerprint density at radius 3 is 2.35 bits per heavy atom. The SMILES string of the molecule is O=C(O)C=Cc1cc(F)c(S(=O)(=O)c2ccc(Cl)cc2)nc1Cc1cc(F)ccc1F. The van der Waals surface area contributed by atoms with Crippen LogP contribution in [-0.4, -0.2) is 24.5 Å². The maximum absolute atomic E-state index is 14.7. The molecule has 0 aliphatic heterocycles. The number of benzene rings is 2. The topological polar surface area (TPSA) is 84.3 Å². The van der Waals surface area contributed by atoms with Crippen molar-refractivity contribution < 1.29 is 31.5 Å². The molecule has 2 aromatic carbocycles. The van der Waals surface area contributed by atoms with Crippen molar-refractivity contribution in [2.75, 3.05) is 0 Å². The Balaban J connectivity index is 2.18. The van der Waals surface area contributed by atoms with Crippen LogP contribution in [0.3, 0.4) is 0 Å². The number of halogens is 4. The van der Waals surface area contributed by atoms with Gasteiger partial charge in [0.2, 0.25) is 9.84 Å². The summed E-state index contributed by atoms with van der Waals surface area (Å²) in [7, 11) is -4.42. The first-order chi connectivity index (χ1) is 14.6. The second-order valence-electron chi connectivity index (χ2n) is 6.35. The van der Waals surface area contributed by atoms with Crippen molar-refractivity contribution in [1.82, 2.24) is 4.98 Å². The molecule has 0 radical (unpaired) electrons. The lowest BCUT2D eigenvalue weighted by Gasteiger charge is -2.12. The van der Waals surface area contributed by atoms with E-state index in [1.54, 1.807) is 0 Å². The van der Waals surface area contributed by atoms with Gasteiger partial charge in [-0.3, -0.25) is 0 Å². The van der Waals surface area contributed by atoms with Gasteiger partial charge in [-0.05, 0) is 65.7 Å². The molecule has 0 fully saturated rings. The van der Waals surface area contributed by atoms with Gasteiger partial charge in [0.25, 0.3) is 0 Å². The molecular weight excluding hydrogens is 455 g/mol. The van der Waals surface area contributed by atoms with Crippen LogP contribution in [0.2, 0.25) is 5.02 Å². The lowest BCUT2D eigenvalue weighted by Crippen LogP contribution is -2.11. The number of sulfone groups is 1. The number of nitrogens with zero attached hydrogens (tertiary/aromatic N) is 1. The molecule has 160 valence electrons. The van der Waals surface area contributed by atoms with Crippen molar-refractivity contribution in [2.24, 2.45) is 0 Å². The van der Waals surface area contributed by atoms with Gasteiger partial charge in [0.1, 0.15) is 11.6 Å². The highest BCUT2D eigenvalue weighted by Gasteiger charge is 2.26. The second kappa shape index (κ2) is 8.91. The average molecular weight is 468 g/mol. The number of hydrogen-bond donors (Lipinski definition) is 1. The first-order valence-electron chi connectivity index (χ1n) is 8.63. The van der Waals surface area contributed by atoms with Crippen molar-refractivity contribution in [2.45, 2.75) is 16.3 Å². The van der Waals surface area contributed by atoms with Crippen LogP contribution in [0.4, 0.5) is 13.2 Å². The highest BCUT2D eigenvalue weighted by molar-refractivity contribution is 7.91. The minimum Gasteiger partial charge on any atom is -0.478 e. The van der Waals surface area contributed by atoms with Gasteiger partial charge in [-0.2, -0.15) is 0 Å². The van der Waals surface area contributed by atoms with E-state index in [1.807, 2.05) is 0 Å². The fourth-order valence-corrected chi connectivity index (χ4v) is 4.13. The molecular formula is C21H13ClF3NO4S. The first kappa shape index (κ1) is 22.5. The summed E-state index contributed by atoms with van der Waals surface area (Å²) < 4.78 is 68.1. The molecule has 1 heterocycles. The van der Waals surface area contributed by atoms with Gasteiger partial charge in [0.05, 0.1) is 10.6 Å². The van der Waals surface area contributed by atoms with Crippen molar-refractivity contribution in [1.29, 1.82) is 0 Å². The Bertz CT molecular complexity index is 1290. The lowest BCUT2D eigenvalue weighted by molar-refractivity contribution is -0.131. The Morgan fingerprint density at radius 2 is 1.71 bits per heavy atom. The molecule has 31 heavy (non-hydrogen) atoms. The van der Waals surface area contributed by atoms with E-state index in [0.717, 1.165) is 30.3 Å². The van der Waals surface area contributed by atoms with Crippen molar-refractivity contribution in [3.63, 3.8) is 0 Å². The quantitative estimate of drug-likeness (QED) is 0.532. The highest BCUT2D eigenvalue weighted by Crippen LogP contribution is 2.27. The zero-order chi connectivity index (χ0) is 22.8. The molecule has 3 rings (SSSR count). The molecule has 0 spiro atoms. The summed E-state index contributed by atoms with van der Waals surface area (Å²) in [6.45, 7) is 0. The van der Waals surface area contributed by atoms with Crippen LogP contribution in [0.1, 0.15) is 16.8 Å². The zero-order valence-corrected chi connectivity index (χ0v) is 17.1. The number of pyridine rings is 1. The van der Waals surface area contributed by atoms with Crippen molar-refractivity contribution >= 4 is 33.5 Å². The number of rotatable bonds is 6. The molecule has 0 saturated carbocycles. The predicted molar refractivity (Wildman–Crippen MR) is 107 cm³/mol. The molecule has 0 bridgehead atoms. The zero-order valence-electron chi connectivity index (χ0n) is 15.5. The molecule has 0 atom stereocenters. The van der Waals surface area contributed by atoms with Crippen LogP contribution >= 0.6 is 11.6 Å². The van der Waals surface area contributed by atoms with Crippen LogP contribution < -0.4 is 0 Å². The van der Waals surface area contributed by atoms with Gasteiger partial charge in [0, 0.05) is 17.5 Å². The molecule has 0 aliphatic carbocycles. The fourth-order valence-electron chi connectivity index (χ4n) is 2.74. The molecule has 0 aliphatic rings. The maximum atomic E-state index is 14.7. The van der Waals surface area contributed by atoms with Crippen LogP contribution in [0.5, 0.6) is 0 Å². The van der Waals surface area contributed by atoms with Crippen LogP contribution in [0.15, 0.2) is 64.5 Å². The molecule has 3 aromatic rings. The maximum Gasteiger partial charge on any atom is 0.328 e. The summed E-state index contributed by atoms with van der Waals surface area (Å²) in [5, 5.41) is 8.17. The summed E-state index contributed by atoms with van der Waals surface area (Å²) in [4.78, 5) is 14.4. The van der Waals surface area contributed by atoms with E-state index in [2.05, 4.69) is 4.98 Å². The van der Waals surface area contributed by atoms with E-state index in [4.69, 9.17) is 16.7 Å². The van der Waals surface area contributed by atoms with Gasteiger partial charge in [0.15, 0.2) is 10.8 Å². The Labute approximate surface area is 180 Å². The van der Waals surface area contributed by atoms with Gasteiger partial charge in [-0.15, -0.1) is 0 Å². The van der Waals surface area contributed by atoms with Crippen LogP contribution in [-0.2, 0) is 21.1 Å². The molecule has 5 nitrogen and oxygen atoms in total. The third kappa shape index (κ3) is 5.12. The smallest absolute Gasteiger partial charge is 0.328 e. The van der Waals surface area contributed by atoms with E-state index in [-0.39, 0.29) is 26.7 Å². The number of aliphatic carboxylic acids is 1. The molecule has 10 heteroatoms. The van der Waals surface area contributed by atoms with E-state index >= 15 is 0 Å². The highest BCUT2D eigenvalue weighted by atomic mass is 35.5. The standard InChI is InChI=1S/C21H13ClF3NO4S/c22-14-2-5-16(6-3-14)31(29,30)21-18(25)10-12(1-8-20(27)28)19(26-21)11-13-9-15(23)4-7-17(13)24/h1-10H,11H2,(H,27,28). The Kier molecular flexibility index (Phi) is 6.47. The Hall–Kier alpha value is -3.17.